The van der Waals surface area contributed by atoms with E-state index in [-0.39, 0.29) is 17.6 Å². The average molecular weight is 463 g/mol. The molecule has 0 saturated carbocycles. The van der Waals surface area contributed by atoms with Crippen molar-refractivity contribution < 1.29 is 4.79 Å². The van der Waals surface area contributed by atoms with E-state index in [4.69, 9.17) is 0 Å². The van der Waals surface area contributed by atoms with E-state index < -0.39 is 0 Å². The minimum Gasteiger partial charge on any atom is -0.355 e. The van der Waals surface area contributed by atoms with Crippen molar-refractivity contribution in [2.75, 3.05) is 24.5 Å². The number of carbonyl (C=O) groups is 1. The van der Waals surface area contributed by atoms with Gasteiger partial charge in [-0.1, -0.05) is 31.9 Å². The van der Waals surface area contributed by atoms with E-state index in [1.54, 1.807) is 4.57 Å². The third kappa shape index (κ3) is 3.93. The monoisotopic (exact) mass is 462 g/mol. The molecule has 178 valence electrons. The smallest absolute Gasteiger partial charge is 0.326 e. The summed E-state index contributed by atoms with van der Waals surface area (Å²) in [5, 5.41) is 2.96. The molecular formula is C24H30N8O2. The largest absolute Gasteiger partial charge is 0.355 e. The summed E-state index contributed by atoms with van der Waals surface area (Å²) in [6.45, 7) is 4.24. The second-order valence-corrected chi connectivity index (χ2v) is 8.86. The van der Waals surface area contributed by atoms with Gasteiger partial charge in [-0.25, -0.2) is 19.7 Å². The van der Waals surface area contributed by atoms with Crippen LogP contribution in [0.15, 0.2) is 35.4 Å². The van der Waals surface area contributed by atoms with Gasteiger partial charge in [0, 0.05) is 32.7 Å². The molecular weight excluding hydrogens is 432 g/mol. The molecule has 5 rings (SSSR count). The van der Waals surface area contributed by atoms with Crippen molar-refractivity contribution in [1.82, 2.24) is 34.4 Å². The number of aromatic amines is 1. The van der Waals surface area contributed by atoms with Gasteiger partial charge in [0.15, 0.2) is 17.0 Å². The first kappa shape index (κ1) is 22.1. The molecule has 4 heterocycles. The van der Waals surface area contributed by atoms with Gasteiger partial charge in [0.25, 0.3) is 5.91 Å². The average Bonchev–Trinajstić information content (AvgIpc) is 3.38. The maximum Gasteiger partial charge on any atom is 0.326 e. The lowest BCUT2D eigenvalue weighted by Gasteiger charge is -2.33. The van der Waals surface area contributed by atoms with Crippen LogP contribution < -0.4 is 15.9 Å². The SMILES string of the molecule is CCCCCNC(=O)c1nc2c(N3CCC(n4c(=O)[nH]c5ccccc54)CC3)ncnc2n1C. The summed E-state index contributed by atoms with van der Waals surface area (Å²) in [5.41, 5.74) is 3.00. The molecule has 34 heavy (non-hydrogen) atoms. The number of H-pyrrole nitrogens is 1. The summed E-state index contributed by atoms with van der Waals surface area (Å²) in [4.78, 5) is 44.0. The van der Waals surface area contributed by atoms with E-state index in [2.05, 4.69) is 37.1 Å². The first-order chi connectivity index (χ1) is 16.6. The number of rotatable bonds is 7. The highest BCUT2D eigenvalue weighted by Gasteiger charge is 2.27. The standard InChI is InChI=1S/C24H30N8O2/c1-3-4-7-12-25-23(33)22-29-19-20(30(22)2)26-15-27-21(19)31-13-10-16(11-14-31)32-18-9-6-5-8-17(18)28-24(32)34/h5-6,8-9,15-16H,3-4,7,10-14H2,1-2H3,(H,25,33)(H,28,34). The number of amides is 1. The minimum absolute atomic E-state index is 0.0663. The van der Waals surface area contributed by atoms with Gasteiger partial charge in [-0.15, -0.1) is 0 Å². The first-order valence-corrected chi connectivity index (χ1v) is 12.0. The molecule has 0 atom stereocenters. The highest BCUT2D eigenvalue weighted by atomic mass is 16.2. The third-order valence-electron chi connectivity index (χ3n) is 6.66. The number of benzene rings is 1. The number of fused-ring (bicyclic) bond motifs is 2. The molecule has 0 aliphatic carbocycles. The zero-order valence-corrected chi connectivity index (χ0v) is 19.6. The molecule has 1 aliphatic heterocycles. The second kappa shape index (κ2) is 9.28. The normalized spacial score (nSPS) is 14.8. The highest BCUT2D eigenvalue weighted by Crippen LogP contribution is 2.30. The fourth-order valence-electron chi connectivity index (χ4n) is 4.85. The molecule has 0 unspecified atom stereocenters. The molecule has 10 nitrogen and oxygen atoms in total. The van der Waals surface area contributed by atoms with E-state index in [0.29, 0.717) is 23.5 Å². The fourth-order valence-corrected chi connectivity index (χ4v) is 4.85. The van der Waals surface area contributed by atoms with Gasteiger partial charge in [0.2, 0.25) is 5.82 Å². The summed E-state index contributed by atoms with van der Waals surface area (Å²) in [6.07, 6.45) is 6.28. The Morgan fingerprint density at radius 2 is 1.97 bits per heavy atom. The highest BCUT2D eigenvalue weighted by molar-refractivity contribution is 5.96. The first-order valence-electron chi connectivity index (χ1n) is 12.0. The fraction of sp³-hybridized carbons (Fsp3) is 0.458. The summed E-state index contributed by atoms with van der Waals surface area (Å²) < 4.78 is 3.61. The summed E-state index contributed by atoms with van der Waals surface area (Å²) >= 11 is 0. The van der Waals surface area contributed by atoms with Crippen molar-refractivity contribution in [3.63, 3.8) is 0 Å². The van der Waals surface area contributed by atoms with Crippen LogP contribution in [0.3, 0.4) is 0 Å². The van der Waals surface area contributed by atoms with Crippen molar-refractivity contribution in [3.8, 4) is 0 Å². The number of imidazole rings is 2. The molecule has 0 spiro atoms. The number of hydrogen-bond donors (Lipinski definition) is 2. The molecule has 1 amide bonds. The van der Waals surface area contributed by atoms with E-state index in [1.807, 2.05) is 35.9 Å². The summed E-state index contributed by atoms with van der Waals surface area (Å²) in [7, 11) is 1.81. The van der Waals surface area contributed by atoms with Gasteiger partial charge >= 0.3 is 5.69 Å². The lowest BCUT2D eigenvalue weighted by Crippen LogP contribution is -2.37. The Hall–Kier alpha value is -3.69. The quantitative estimate of drug-likeness (QED) is 0.408. The van der Waals surface area contributed by atoms with Crippen molar-refractivity contribution in [3.05, 3.63) is 46.9 Å². The van der Waals surface area contributed by atoms with Gasteiger partial charge in [-0.2, -0.15) is 0 Å². The van der Waals surface area contributed by atoms with Gasteiger partial charge in [-0.05, 0) is 31.4 Å². The third-order valence-corrected chi connectivity index (χ3v) is 6.66. The molecule has 3 aromatic heterocycles. The number of carbonyl (C=O) groups excluding carboxylic acids is 1. The number of hydrogen-bond acceptors (Lipinski definition) is 6. The zero-order chi connectivity index (χ0) is 23.7. The molecule has 1 fully saturated rings. The molecule has 2 N–H and O–H groups in total. The van der Waals surface area contributed by atoms with Crippen LogP contribution in [0.5, 0.6) is 0 Å². The zero-order valence-electron chi connectivity index (χ0n) is 19.6. The minimum atomic E-state index is -0.194. The van der Waals surface area contributed by atoms with Crippen molar-refractivity contribution in [1.29, 1.82) is 0 Å². The number of para-hydroxylation sites is 2. The number of anilines is 1. The van der Waals surface area contributed by atoms with Gasteiger partial charge in [0.05, 0.1) is 11.0 Å². The Bertz CT molecular complexity index is 1380. The number of aryl methyl sites for hydroxylation is 1. The Labute approximate surface area is 197 Å². The maximum atomic E-state index is 12.7. The van der Waals surface area contributed by atoms with Gasteiger partial charge in [0.1, 0.15) is 6.33 Å². The predicted molar refractivity (Wildman–Crippen MR) is 131 cm³/mol. The van der Waals surface area contributed by atoms with E-state index in [1.165, 1.54) is 6.33 Å². The molecule has 1 aromatic carbocycles. The predicted octanol–water partition coefficient (Wildman–Crippen LogP) is 2.77. The Kier molecular flexibility index (Phi) is 6.04. The topological polar surface area (TPSA) is 114 Å². The second-order valence-electron chi connectivity index (χ2n) is 8.86. The van der Waals surface area contributed by atoms with Crippen molar-refractivity contribution >= 4 is 33.9 Å². The number of unbranched alkanes of at least 4 members (excludes halogenated alkanes) is 2. The molecule has 1 aliphatic rings. The van der Waals surface area contributed by atoms with Crippen molar-refractivity contribution in [2.45, 2.75) is 45.1 Å². The van der Waals surface area contributed by atoms with Crippen molar-refractivity contribution in [2.24, 2.45) is 7.05 Å². The van der Waals surface area contributed by atoms with Crippen LogP contribution in [0.1, 0.15) is 55.7 Å². The summed E-state index contributed by atoms with van der Waals surface area (Å²) in [6, 6.07) is 7.91. The van der Waals surface area contributed by atoms with Crippen LogP contribution in [-0.2, 0) is 7.05 Å². The van der Waals surface area contributed by atoms with Gasteiger partial charge in [-0.3, -0.25) is 9.36 Å². The lowest BCUT2D eigenvalue weighted by molar-refractivity contribution is 0.0940. The number of aromatic nitrogens is 6. The molecule has 4 aromatic rings. The van der Waals surface area contributed by atoms with E-state index in [9.17, 15) is 9.59 Å². The van der Waals surface area contributed by atoms with E-state index in [0.717, 1.165) is 62.0 Å². The molecule has 1 saturated heterocycles. The maximum absolute atomic E-state index is 12.7. The number of nitrogens with one attached hydrogen (secondary N) is 2. The van der Waals surface area contributed by atoms with Gasteiger partial charge < -0.3 is 19.8 Å². The Morgan fingerprint density at radius 3 is 2.76 bits per heavy atom. The van der Waals surface area contributed by atoms with Crippen LogP contribution in [-0.4, -0.2) is 54.6 Å². The molecule has 10 heteroatoms. The van der Waals surface area contributed by atoms with Crippen LogP contribution in [0.25, 0.3) is 22.2 Å². The Morgan fingerprint density at radius 1 is 1.18 bits per heavy atom. The molecule has 0 bridgehead atoms. The van der Waals surface area contributed by atoms with Crippen LogP contribution >= 0.6 is 0 Å². The van der Waals surface area contributed by atoms with E-state index >= 15 is 0 Å². The Balaban J connectivity index is 1.35. The molecule has 0 radical (unpaired) electrons. The van der Waals surface area contributed by atoms with Crippen LogP contribution in [0.4, 0.5) is 5.82 Å². The number of nitrogens with zero attached hydrogens (tertiary/aromatic N) is 6. The summed E-state index contributed by atoms with van der Waals surface area (Å²) in [5.74, 6) is 0.879. The number of piperidine rings is 1. The van der Waals surface area contributed by atoms with Crippen LogP contribution in [0.2, 0.25) is 0 Å². The van der Waals surface area contributed by atoms with Crippen LogP contribution in [0, 0.1) is 0 Å². The lowest BCUT2D eigenvalue weighted by atomic mass is 10.0.